The number of aliphatic hydroxyl groups is 2. The van der Waals surface area contributed by atoms with Gasteiger partial charge in [-0.3, -0.25) is 9.59 Å². The van der Waals surface area contributed by atoms with Crippen LogP contribution in [0.15, 0.2) is 36.5 Å². The van der Waals surface area contributed by atoms with Gasteiger partial charge in [0, 0.05) is 6.42 Å². The molecule has 3 unspecified atom stereocenters. The Morgan fingerprint density at radius 2 is 0.864 bits per heavy atom. The number of ether oxygens (including phenoxy) is 1. The molecule has 1 amide bonds. The van der Waals surface area contributed by atoms with Gasteiger partial charge in [-0.2, -0.15) is 0 Å². The van der Waals surface area contributed by atoms with Gasteiger partial charge in [-0.05, 0) is 70.6 Å². The molecule has 346 valence electrons. The van der Waals surface area contributed by atoms with E-state index in [9.17, 15) is 19.8 Å². The highest BCUT2D eigenvalue weighted by Crippen LogP contribution is 2.17. The lowest BCUT2D eigenvalue weighted by Gasteiger charge is -2.24. The predicted molar refractivity (Wildman–Crippen MR) is 255 cm³/mol. The normalized spacial score (nSPS) is 13.5. The minimum atomic E-state index is -0.797. The van der Waals surface area contributed by atoms with Crippen LogP contribution < -0.4 is 5.32 Å². The van der Waals surface area contributed by atoms with Gasteiger partial charge in [-0.1, -0.05) is 218 Å². The van der Waals surface area contributed by atoms with Gasteiger partial charge in [0.05, 0.1) is 25.2 Å². The summed E-state index contributed by atoms with van der Waals surface area (Å²) >= 11 is 0. The van der Waals surface area contributed by atoms with Gasteiger partial charge in [0.15, 0.2) is 0 Å². The van der Waals surface area contributed by atoms with E-state index in [0.29, 0.717) is 19.3 Å². The second-order valence-corrected chi connectivity index (χ2v) is 17.6. The van der Waals surface area contributed by atoms with E-state index >= 15 is 0 Å². The van der Waals surface area contributed by atoms with Gasteiger partial charge in [0.1, 0.15) is 6.10 Å². The first kappa shape index (κ1) is 57.1. The van der Waals surface area contributed by atoms with Gasteiger partial charge >= 0.3 is 5.97 Å². The first-order valence-corrected chi connectivity index (χ1v) is 25.7. The Morgan fingerprint density at radius 1 is 0.492 bits per heavy atom. The lowest BCUT2D eigenvalue weighted by Crippen LogP contribution is -2.46. The smallest absolute Gasteiger partial charge is 0.306 e. The highest BCUT2D eigenvalue weighted by molar-refractivity contribution is 5.77. The molecule has 0 aliphatic rings. The Hall–Kier alpha value is -1.92. The molecular weight excluding hydrogens is 731 g/mol. The molecule has 0 saturated carbocycles. The van der Waals surface area contributed by atoms with Gasteiger partial charge in [-0.25, -0.2) is 0 Å². The summed E-state index contributed by atoms with van der Waals surface area (Å²) in [5.74, 6) is -0.562. The fraction of sp³-hybridized carbons (Fsp3) is 0.849. The quantitative estimate of drug-likeness (QED) is 0.0323. The maximum atomic E-state index is 13.2. The van der Waals surface area contributed by atoms with E-state index in [0.717, 1.165) is 64.2 Å². The van der Waals surface area contributed by atoms with E-state index in [1.807, 2.05) is 6.08 Å². The minimum Gasteiger partial charge on any atom is -0.462 e. The van der Waals surface area contributed by atoms with Crippen LogP contribution in [0.4, 0.5) is 0 Å². The molecule has 0 aliphatic carbocycles. The van der Waals surface area contributed by atoms with Crippen LogP contribution in [0, 0.1) is 0 Å². The number of nitrogens with one attached hydrogen (secondary N) is 1. The average Bonchev–Trinajstić information content (AvgIpc) is 3.23. The summed E-state index contributed by atoms with van der Waals surface area (Å²) < 4.78 is 5.89. The summed E-state index contributed by atoms with van der Waals surface area (Å²) in [4.78, 5) is 26.1. The zero-order chi connectivity index (χ0) is 43.1. The number of amides is 1. The number of hydrogen-bond acceptors (Lipinski definition) is 5. The van der Waals surface area contributed by atoms with Crippen LogP contribution in [0.1, 0.15) is 265 Å². The molecule has 3 atom stereocenters. The predicted octanol–water partition coefficient (Wildman–Crippen LogP) is 15.3. The number of allylic oxidation sites excluding steroid dienone is 6. The summed E-state index contributed by atoms with van der Waals surface area (Å²) in [7, 11) is 0. The molecule has 0 rings (SSSR count). The molecule has 59 heavy (non-hydrogen) atoms. The summed E-state index contributed by atoms with van der Waals surface area (Å²) in [5, 5.41) is 23.7. The van der Waals surface area contributed by atoms with Crippen molar-refractivity contribution < 1.29 is 24.5 Å². The van der Waals surface area contributed by atoms with Crippen molar-refractivity contribution in [3.8, 4) is 0 Å². The standard InChI is InChI=1S/C53H99NO5/c1-4-7-10-13-16-19-22-24-25-26-28-30-32-35-38-41-44-49(59-53(58)46-43-40-37-34-31-27-23-20-17-14-11-8-5-2)47-52(57)54-50(48-55)51(56)45-42-39-36-33-29-21-18-15-12-9-6-3/h27-28,30-31,37,40,49-51,55-56H,4-26,29,32-36,38-39,41-48H2,1-3H3,(H,54,57)/b30-28+,31-27-,40-37+. The van der Waals surface area contributed by atoms with Crippen LogP contribution in [0.3, 0.4) is 0 Å². The van der Waals surface area contributed by atoms with Crippen LogP contribution >= 0.6 is 0 Å². The minimum absolute atomic E-state index is 0.0469. The molecule has 0 aromatic rings. The molecule has 0 saturated heterocycles. The van der Waals surface area contributed by atoms with Crippen molar-refractivity contribution in [1.82, 2.24) is 5.32 Å². The Kier molecular flexibility index (Phi) is 45.6. The van der Waals surface area contributed by atoms with E-state index in [2.05, 4.69) is 56.5 Å². The van der Waals surface area contributed by atoms with Crippen molar-refractivity contribution in [2.45, 2.75) is 283 Å². The van der Waals surface area contributed by atoms with Crippen molar-refractivity contribution in [1.29, 1.82) is 0 Å². The first-order valence-electron chi connectivity index (χ1n) is 25.7. The number of carbonyl (C=O) groups is 2. The Labute approximate surface area is 366 Å². The Balaban J connectivity index is 4.67. The maximum Gasteiger partial charge on any atom is 0.306 e. The lowest BCUT2D eigenvalue weighted by atomic mass is 10.0. The Bertz CT molecular complexity index is 977. The molecular formula is C53H99NO5. The fourth-order valence-electron chi connectivity index (χ4n) is 7.77. The molecule has 0 aliphatic heterocycles. The lowest BCUT2D eigenvalue weighted by molar-refractivity contribution is -0.150. The van der Waals surface area contributed by atoms with Gasteiger partial charge < -0.3 is 20.3 Å². The maximum absolute atomic E-state index is 13.2. The second kappa shape index (κ2) is 47.1. The number of esters is 1. The number of aliphatic hydroxyl groups excluding tert-OH is 2. The number of rotatable bonds is 46. The molecule has 6 nitrogen and oxygen atoms in total. The number of unbranched alkanes of at least 4 members (excludes halogenated alkanes) is 28. The third-order valence-corrected chi connectivity index (χ3v) is 11.7. The van der Waals surface area contributed by atoms with Crippen molar-refractivity contribution in [2.75, 3.05) is 6.61 Å². The highest BCUT2D eigenvalue weighted by atomic mass is 16.5. The topological polar surface area (TPSA) is 95.9 Å². The SMILES string of the molecule is CCCCCCCC/C=C\C/C=C/CCC(=O)OC(CCCCC/C=C/CCCCCCCCCCC)CC(=O)NC(CO)C(O)CCCCCCCCCCCCC. The van der Waals surface area contributed by atoms with Gasteiger partial charge in [-0.15, -0.1) is 0 Å². The van der Waals surface area contributed by atoms with Crippen molar-refractivity contribution >= 4 is 11.9 Å². The van der Waals surface area contributed by atoms with E-state index in [1.165, 1.54) is 148 Å². The number of hydrogen-bond donors (Lipinski definition) is 3. The van der Waals surface area contributed by atoms with Crippen LogP contribution in [-0.4, -0.2) is 46.9 Å². The van der Waals surface area contributed by atoms with Crippen molar-refractivity contribution in [3.63, 3.8) is 0 Å². The molecule has 0 radical (unpaired) electrons. The van der Waals surface area contributed by atoms with Crippen molar-refractivity contribution in [2.24, 2.45) is 0 Å². The zero-order valence-electron chi connectivity index (χ0n) is 39.4. The van der Waals surface area contributed by atoms with E-state index < -0.39 is 18.2 Å². The van der Waals surface area contributed by atoms with Gasteiger partial charge in [0.25, 0.3) is 0 Å². The third-order valence-electron chi connectivity index (χ3n) is 11.7. The molecule has 0 aromatic heterocycles. The zero-order valence-corrected chi connectivity index (χ0v) is 39.4. The van der Waals surface area contributed by atoms with E-state index in [-0.39, 0.29) is 31.3 Å². The first-order chi connectivity index (χ1) is 29.0. The molecule has 0 bridgehead atoms. The molecule has 3 N–H and O–H groups in total. The molecule has 0 heterocycles. The second-order valence-electron chi connectivity index (χ2n) is 17.6. The summed E-state index contributed by atoms with van der Waals surface area (Å²) in [6.45, 7) is 6.46. The molecule has 0 spiro atoms. The molecule has 6 heteroatoms. The third kappa shape index (κ3) is 42.6. The fourth-order valence-corrected chi connectivity index (χ4v) is 7.77. The monoisotopic (exact) mass is 830 g/mol. The van der Waals surface area contributed by atoms with Crippen LogP contribution in [0.5, 0.6) is 0 Å². The highest BCUT2D eigenvalue weighted by Gasteiger charge is 2.24. The van der Waals surface area contributed by atoms with Crippen molar-refractivity contribution in [3.05, 3.63) is 36.5 Å². The summed E-state index contributed by atoms with van der Waals surface area (Å²) in [6.07, 6.45) is 55.0. The molecule has 0 aromatic carbocycles. The summed E-state index contributed by atoms with van der Waals surface area (Å²) in [5.41, 5.74) is 0. The largest absolute Gasteiger partial charge is 0.462 e. The van der Waals surface area contributed by atoms with Crippen LogP contribution in [0.25, 0.3) is 0 Å². The average molecular weight is 830 g/mol. The van der Waals surface area contributed by atoms with Crippen LogP contribution in [0.2, 0.25) is 0 Å². The Morgan fingerprint density at radius 3 is 1.32 bits per heavy atom. The summed E-state index contributed by atoms with van der Waals surface area (Å²) in [6, 6.07) is -0.714. The van der Waals surface area contributed by atoms with E-state index in [4.69, 9.17) is 4.74 Å². The van der Waals surface area contributed by atoms with E-state index in [1.54, 1.807) is 0 Å². The van der Waals surface area contributed by atoms with Crippen LogP contribution in [-0.2, 0) is 14.3 Å². The molecule has 0 fully saturated rings. The van der Waals surface area contributed by atoms with Gasteiger partial charge in [0.2, 0.25) is 5.91 Å². The number of carbonyl (C=O) groups excluding carboxylic acids is 2.